The second-order valence-corrected chi connectivity index (χ2v) is 12.4. The zero-order chi connectivity index (χ0) is 31.5. The Labute approximate surface area is 272 Å². The molecule has 2 aliphatic rings. The number of amides is 1. The molecule has 1 heterocycles. The zero-order valence-corrected chi connectivity index (χ0v) is 27.4. The molecule has 0 spiro atoms. The number of likely N-dealkylation sites (tertiary alicyclic amines) is 1. The van der Waals surface area contributed by atoms with Gasteiger partial charge in [0.2, 0.25) is 6.29 Å². The van der Waals surface area contributed by atoms with Crippen LogP contribution < -0.4 is 5.32 Å². The van der Waals surface area contributed by atoms with Crippen molar-refractivity contribution in [2.45, 2.75) is 55.2 Å². The number of alkyl halides is 1. The maximum atomic E-state index is 12.6. The van der Waals surface area contributed by atoms with E-state index in [4.69, 9.17) is 12.6 Å². The Hall–Kier alpha value is -2.91. The van der Waals surface area contributed by atoms with E-state index in [9.17, 15) is 14.0 Å². The zero-order valence-electron chi connectivity index (χ0n) is 25.7. The number of aldehydes is 1. The maximum absolute atomic E-state index is 12.6. The molecule has 1 N–H and O–H groups in total. The van der Waals surface area contributed by atoms with Crippen molar-refractivity contribution < 1.29 is 18.7 Å². The van der Waals surface area contributed by atoms with E-state index in [0.29, 0.717) is 24.3 Å². The van der Waals surface area contributed by atoms with Crippen LogP contribution in [0.2, 0.25) is 0 Å². The predicted octanol–water partition coefficient (Wildman–Crippen LogP) is 7.57. The molecule has 3 aromatic rings. The summed E-state index contributed by atoms with van der Waals surface area (Å²) in [4.78, 5) is 26.8. The van der Waals surface area contributed by atoms with Gasteiger partial charge in [-0.1, -0.05) is 36.4 Å². The molecule has 5 rings (SSSR count). The van der Waals surface area contributed by atoms with Crippen molar-refractivity contribution in [1.29, 1.82) is 0 Å². The number of nitrogens with one attached hydrogen (secondary N) is 1. The maximum Gasteiger partial charge on any atom is 0.288 e. The third kappa shape index (κ3) is 9.07. The monoisotopic (exact) mass is 634 g/mol. The van der Waals surface area contributed by atoms with Crippen LogP contribution in [0.25, 0.3) is 11.1 Å². The van der Waals surface area contributed by atoms with Crippen LogP contribution in [0.1, 0.15) is 60.4 Å². The summed E-state index contributed by atoms with van der Waals surface area (Å²) in [6.07, 6.45) is 5.80. The summed E-state index contributed by atoms with van der Waals surface area (Å²) in [5, 5.41) is 2.67. The van der Waals surface area contributed by atoms with Crippen molar-refractivity contribution in [3.63, 3.8) is 0 Å². The van der Waals surface area contributed by atoms with Gasteiger partial charge < -0.3 is 15.0 Å². The first-order valence-electron chi connectivity index (χ1n) is 15.4. The van der Waals surface area contributed by atoms with E-state index < -0.39 is 5.91 Å². The normalized spacial score (nSPS) is 16.5. The van der Waals surface area contributed by atoms with E-state index >= 15 is 0 Å². The molecule has 0 aromatic heterocycles. The molecule has 0 bridgehead atoms. The first kappa shape index (κ1) is 34.0. The molecule has 1 atom stereocenters. The fraction of sp³-hybridized carbons (Fsp3) is 0.389. The lowest BCUT2D eigenvalue weighted by molar-refractivity contribution is -0.127. The molecule has 8 heteroatoms. The summed E-state index contributed by atoms with van der Waals surface area (Å²) in [6, 6.07) is 20.9. The molecule has 1 fully saturated rings. The number of thiol groups is 2. The van der Waals surface area contributed by atoms with Gasteiger partial charge in [0.1, 0.15) is 0 Å². The Kier molecular flexibility index (Phi) is 13.1. The third-order valence-electron chi connectivity index (χ3n) is 8.26. The summed E-state index contributed by atoms with van der Waals surface area (Å²) in [7, 11) is 1.68. The fourth-order valence-corrected chi connectivity index (χ4v) is 6.77. The van der Waals surface area contributed by atoms with E-state index in [1.54, 1.807) is 7.11 Å². The first-order chi connectivity index (χ1) is 21.4. The highest BCUT2D eigenvalue weighted by molar-refractivity contribution is 7.81. The molecular formula is C36H43FN2O3S2. The number of hydrogen-bond acceptors (Lipinski definition) is 6. The molecule has 3 aromatic carbocycles. The average molecular weight is 635 g/mol. The molecule has 44 heavy (non-hydrogen) atoms. The highest BCUT2D eigenvalue weighted by Crippen LogP contribution is 2.42. The number of ether oxygens (including phenoxy) is 1. The van der Waals surface area contributed by atoms with Gasteiger partial charge in [-0.15, -0.1) is 25.3 Å². The van der Waals surface area contributed by atoms with Crippen LogP contribution in [0.5, 0.6) is 0 Å². The molecule has 1 aliphatic carbocycles. The summed E-state index contributed by atoms with van der Waals surface area (Å²) in [5.74, 6) is -0.0506. The van der Waals surface area contributed by atoms with Gasteiger partial charge in [0.25, 0.3) is 5.91 Å². The largest absolute Gasteiger partial charge is 0.385 e. The highest BCUT2D eigenvalue weighted by Gasteiger charge is 2.24. The lowest BCUT2D eigenvalue weighted by Crippen LogP contribution is -2.22. The molecule has 5 nitrogen and oxygen atoms in total. The van der Waals surface area contributed by atoms with Crippen LogP contribution in [-0.4, -0.2) is 57.1 Å². The number of fused-ring (bicyclic) bond motifs is 1. The van der Waals surface area contributed by atoms with Gasteiger partial charge in [0.15, 0.2) is 0 Å². The van der Waals surface area contributed by atoms with Crippen molar-refractivity contribution in [2.24, 2.45) is 5.92 Å². The number of nitrogens with zero attached hydrogens (tertiary/aromatic N) is 1. The number of anilines is 1. The molecule has 1 amide bonds. The topological polar surface area (TPSA) is 58.6 Å². The SMILES string of the molecule is CCOC.O=CC(=O)Nc1ccc2c(c1)CCCC(c1ccc(S)cc1S)=C2c1ccc(CC2CCN(CCCF)C2)cc1. The van der Waals surface area contributed by atoms with Gasteiger partial charge in [-0.25, -0.2) is 0 Å². The standard InChI is InChI=1S/C33H35FN2O2S2.C3H8O/c34-14-2-15-36-16-13-23(20-36)17-22-5-7-24(8-6-22)33-28-11-9-26(35-32(38)21-37)18-25(28)3-1-4-30(33)29-12-10-27(39)19-31(29)40;1-3-4-2/h5-12,18-19,21,23,39-40H,1-4,13-17,20H2,(H,35,38);3H2,1-2H3. The first-order valence-corrected chi connectivity index (χ1v) is 16.3. The molecule has 1 saturated heterocycles. The lowest BCUT2D eigenvalue weighted by Gasteiger charge is -2.19. The van der Waals surface area contributed by atoms with Gasteiger partial charge in [-0.05, 0) is 121 Å². The summed E-state index contributed by atoms with van der Waals surface area (Å²) >= 11 is 9.33. The van der Waals surface area contributed by atoms with Crippen molar-refractivity contribution in [2.75, 3.05) is 45.3 Å². The number of allylic oxidation sites excluding steroid dienone is 1. The van der Waals surface area contributed by atoms with Crippen LogP contribution in [0.15, 0.2) is 70.5 Å². The Bertz CT molecular complexity index is 1460. The van der Waals surface area contributed by atoms with Gasteiger partial charge in [-0.2, -0.15) is 0 Å². The summed E-state index contributed by atoms with van der Waals surface area (Å²) < 4.78 is 17.1. The van der Waals surface area contributed by atoms with Crippen molar-refractivity contribution in [3.05, 3.63) is 88.5 Å². The number of carbonyl (C=O) groups is 2. The van der Waals surface area contributed by atoms with E-state index in [1.807, 2.05) is 31.2 Å². The second-order valence-electron chi connectivity index (χ2n) is 11.4. The van der Waals surface area contributed by atoms with E-state index in [2.05, 4.69) is 64.0 Å². The van der Waals surface area contributed by atoms with Crippen molar-refractivity contribution >= 4 is 54.3 Å². The Morgan fingerprint density at radius 1 is 1.07 bits per heavy atom. The lowest BCUT2D eigenvalue weighted by atomic mass is 9.87. The van der Waals surface area contributed by atoms with Crippen molar-refractivity contribution in [3.8, 4) is 0 Å². The molecule has 234 valence electrons. The molecule has 0 saturated carbocycles. The predicted molar refractivity (Wildman–Crippen MR) is 184 cm³/mol. The second kappa shape index (κ2) is 17.0. The van der Waals surface area contributed by atoms with Crippen LogP contribution in [0.4, 0.5) is 10.1 Å². The summed E-state index contributed by atoms with van der Waals surface area (Å²) in [6.45, 7) is 5.48. The molecule has 0 radical (unpaired) electrons. The number of carbonyl (C=O) groups excluding carboxylic acids is 2. The van der Waals surface area contributed by atoms with Crippen LogP contribution >= 0.6 is 25.3 Å². The number of hydrogen-bond donors (Lipinski definition) is 3. The van der Waals surface area contributed by atoms with Gasteiger partial charge >= 0.3 is 0 Å². The smallest absolute Gasteiger partial charge is 0.288 e. The number of rotatable bonds is 10. The molecule has 1 aliphatic heterocycles. The van der Waals surface area contributed by atoms with Gasteiger partial charge in [0.05, 0.1) is 6.67 Å². The minimum Gasteiger partial charge on any atom is -0.385 e. The van der Waals surface area contributed by atoms with Gasteiger partial charge in [0, 0.05) is 42.3 Å². The third-order valence-corrected chi connectivity index (χ3v) is 8.91. The number of halogens is 1. The average Bonchev–Trinajstić information content (AvgIpc) is 3.39. The molecular weight excluding hydrogens is 592 g/mol. The Morgan fingerprint density at radius 2 is 1.82 bits per heavy atom. The van der Waals surface area contributed by atoms with Crippen LogP contribution in [0, 0.1) is 5.92 Å². The highest BCUT2D eigenvalue weighted by atomic mass is 32.1. The minimum atomic E-state index is -0.653. The van der Waals surface area contributed by atoms with E-state index in [-0.39, 0.29) is 6.67 Å². The number of benzene rings is 3. The quantitative estimate of drug-likeness (QED) is 0.122. The van der Waals surface area contributed by atoms with Crippen LogP contribution in [0.3, 0.4) is 0 Å². The van der Waals surface area contributed by atoms with Crippen molar-refractivity contribution in [1.82, 2.24) is 4.90 Å². The minimum absolute atomic E-state index is 0.244. The van der Waals surface area contributed by atoms with Crippen LogP contribution in [-0.2, 0) is 27.2 Å². The fourth-order valence-electron chi connectivity index (χ4n) is 6.12. The van der Waals surface area contributed by atoms with E-state index in [0.717, 1.165) is 90.4 Å². The summed E-state index contributed by atoms with van der Waals surface area (Å²) in [5.41, 5.74) is 8.88. The Morgan fingerprint density at radius 3 is 2.50 bits per heavy atom. The van der Waals surface area contributed by atoms with Gasteiger partial charge in [-0.3, -0.25) is 14.0 Å². The number of methoxy groups -OCH3 is 1. The van der Waals surface area contributed by atoms with E-state index in [1.165, 1.54) is 16.7 Å². The number of aryl methyl sites for hydroxylation is 1. The molecule has 1 unspecified atom stereocenters. The Balaban J connectivity index is 0.00000104.